The maximum Gasteiger partial charge on any atom is 0.302 e. The Morgan fingerprint density at radius 3 is 2.57 bits per heavy atom. The molecule has 0 spiro atoms. The van der Waals surface area contributed by atoms with E-state index in [0.29, 0.717) is 0 Å². The zero-order valence-corrected chi connectivity index (χ0v) is 9.20. The molecule has 0 fully saturated rings. The molecule has 1 aliphatic carbocycles. The third-order valence-electron chi connectivity index (χ3n) is 2.87. The van der Waals surface area contributed by atoms with E-state index in [1.165, 1.54) is 6.92 Å². The van der Waals surface area contributed by atoms with Crippen molar-refractivity contribution in [3.8, 4) is 0 Å². The van der Waals surface area contributed by atoms with Crippen LogP contribution in [0.1, 0.15) is 27.7 Å². The molecule has 0 aromatic heterocycles. The Morgan fingerprint density at radius 1 is 1.64 bits per heavy atom. The Labute approximate surface area is 84.8 Å². The molecule has 0 radical (unpaired) electrons. The minimum Gasteiger partial charge on any atom is -0.465 e. The predicted octanol–water partition coefficient (Wildman–Crippen LogP) is 1.51. The number of hydrogen-bond acceptors (Lipinski definition) is 3. The number of esters is 1. The van der Waals surface area contributed by atoms with Crippen molar-refractivity contribution in [3.63, 3.8) is 0 Å². The van der Waals surface area contributed by atoms with E-state index in [4.69, 9.17) is 4.74 Å². The zero-order valence-electron chi connectivity index (χ0n) is 9.20. The highest BCUT2D eigenvalue weighted by molar-refractivity contribution is 5.65. The SMILES string of the molecule is CC(=O)OCC1C(O)C(C)=CC1(C)C. The quantitative estimate of drug-likeness (QED) is 0.540. The largest absolute Gasteiger partial charge is 0.465 e. The van der Waals surface area contributed by atoms with Crippen molar-refractivity contribution < 1.29 is 14.6 Å². The molecule has 14 heavy (non-hydrogen) atoms. The van der Waals surface area contributed by atoms with Crippen LogP contribution >= 0.6 is 0 Å². The summed E-state index contributed by atoms with van der Waals surface area (Å²) in [6.07, 6.45) is 1.57. The molecule has 0 aromatic carbocycles. The van der Waals surface area contributed by atoms with Crippen molar-refractivity contribution in [1.82, 2.24) is 0 Å². The van der Waals surface area contributed by atoms with E-state index in [9.17, 15) is 9.90 Å². The van der Waals surface area contributed by atoms with Gasteiger partial charge in [0.2, 0.25) is 0 Å². The van der Waals surface area contributed by atoms with E-state index in [1.807, 2.05) is 26.8 Å². The first kappa shape index (κ1) is 11.2. The van der Waals surface area contributed by atoms with Crippen LogP contribution in [-0.2, 0) is 9.53 Å². The predicted molar refractivity (Wildman–Crippen MR) is 53.7 cm³/mol. The molecule has 2 atom stereocenters. The van der Waals surface area contributed by atoms with Gasteiger partial charge >= 0.3 is 5.97 Å². The van der Waals surface area contributed by atoms with Crippen molar-refractivity contribution in [2.45, 2.75) is 33.8 Å². The molecule has 1 N–H and O–H groups in total. The summed E-state index contributed by atoms with van der Waals surface area (Å²) in [7, 11) is 0. The first-order chi connectivity index (χ1) is 6.34. The molecule has 0 amide bonds. The molecule has 2 unspecified atom stereocenters. The van der Waals surface area contributed by atoms with Crippen molar-refractivity contribution in [3.05, 3.63) is 11.6 Å². The number of carbonyl (C=O) groups is 1. The van der Waals surface area contributed by atoms with Crippen LogP contribution in [-0.4, -0.2) is 23.8 Å². The average Bonchev–Trinajstić information content (AvgIpc) is 2.19. The van der Waals surface area contributed by atoms with Gasteiger partial charge in [-0.25, -0.2) is 0 Å². The van der Waals surface area contributed by atoms with Crippen LogP contribution in [0.25, 0.3) is 0 Å². The summed E-state index contributed by atoms with van der Waals surface area (Å²) >= 11 is 0. The lowest BCUT2D eigenvalue weighted by Crippen LogP contribution is -2.32. The summed E-state index contributed by atoms with van der Waals surface area (Å²) < 4.78 is 4.95. The summed E-state index contributed by atoms with van der Waals surface area (Å²) in [5.74, 6) is -0.316. The van der Waals surface area contributed by atoms with Crippen molar-refractivity contribution in [1.29, 1.82) is 0 Å². The molecular formula is C11H18O3. The molecular weight excluding hydrogens is 180 g/mol. The van der Waals surface area contributed by atoms with E-state index >= 15 is 0 Å². The van der Waals surface area contributed by atoms with Crippen LogP contribution < -0.4 is 0 Å². The smallest absolute Gasteiger partial charge is 0.302 e. The average molecular weight is 198 g/mol. The maximum absolute atomic E-state index is 10.7. The molecule has 0 saturated carbocycles. The van der Waals surface area contributed by atoms with Gasteiger partial charge in [0.25, 0.3) is 0 Å². The lowest BCUT2D eigenvalue weighted by atomic mass is 9.81. The van der Waals surface area contributed by atoms with E-state index < -0.39 is 6.10 Å². The summed E-state index contributed by atoms with van der Waals surface area (Å²) in [4.78, 5) is 10.7. The van der Waals surface area contributed by atoms with Gasteiger partial charge in [-0.2, -0.15) is 0 Å². The molecule has 0 aliphatic heterocycles. The highest BCUT2D eigenvalue weighted by Crippen LogP contribution is 2.40. The Kier molecular flexibility index (Phi) is 3.00. The fourth-order valence-corrected chi connectivity index (χ4v) is 2.02. The Morgan fingerprint density at radius 2 is 2.21 bits per heavy atom. The van der Waals surface area contributed by atoms with Crippen molar-refractivity contribution >= 4 is 5.97 Å². The van der Waals surface area contributed by atoms with Crippen LogP contribution in [0, 0.1) is 11.3 Å². The normalized spacial score (nSPS) is 29.9. The molecule has 1 rings (SSSR count). The second kappa shape index (κ2) is 3.73. The van der Waals surface area contributed by atoms with Gasteiger partial charge < -0.3 is 9.84 Å². The molecule has 80 valence electrons. The van der Waals surface area contributed by atoms with Gasteiger partial charge in [0, 0.05) is 12.8 Å². The van der Waals surface area contributed by atoms with Gasteiger partial charge in [-0.3, -0.25) is 4.79 Å². The molecule has 0 aromatic rings. The number of aliphatic hydroxyl groups is 1. The molecule has 1 aliphatic rings. The fraction of sp³-hybridized carbons (Fsp3) is 0.727. The third kappa shape index (κ3) is 2.15. The van der Waals surface area contributed by atoms with Gasteiger partial charge in [0.1, 0.15) is 0 Å². The molecule has 0 bridgehead atoms. The summed E-state index contributed by atoms with van der Waals surface area (Å²) in [5, 5.41) is 9.85. The van der Waals surface area contributed by atoms with Crippen molar-refractivity contribution in [2.24, 2.45) is 11.3 Å². The number of rotatable bonds is 2. The maximum atomic E-state index is 10.7. The molecule has 0 heterocycles. The second-order valence-corrected chi connectivity index (χ2v) is 4.56. The zero-order chi connectivity index (χ0) is 10.9. The fourth-order valence-electron chi connectivity index (χ4n) is 2.02. The summed E-state index contributed by atoms with van der Waals surface area (Å²) in [6, 6.07) is 0. The summed E-state index contributed by atoms with van der Waals surface area (Å²) in [6.45, 7) is 7.66. The number of aliphatic hydroxyl groups excluding tert-OH is 1. The third-order valence-corrected chi connectivity index (χ3v) is 2.87. The Balaban J connectivity index is 2.66. The highest BCUT2D eigenvalue weighted by atomic mass is 16.5. The van der Waals surface area contributed by atoms with Crippen LogP contribution in [0.5, 0.6) is 0 Å². The van der Waals surface area contributed by atoms with Gasteiger partial charge in [-0.05, 0) is 17.9 Å². The lowest BCUT2D eigenvalue weighted by Gasteiger charge is -2.28. The number of carbonyl (C=O) groups excluding carboxylic acids is 1. The Bertz CT molecular complexity index is 266. The first-order valence-corrected chi connectivity index (χ1v) is 4.85. The lowest BCUT2D eigenvalue weighted by molar-refractivity contribution is -0.144. The minimum atomic E-state index is -0.482. The van der Waals surface area contributed by atoms with E-state index in [-0.39, 0.29) is 23.9 Å². The van der Waals surface area contributed by atoms with Gasteiger partial charge in [-0.15, -0.1) is 0 Å². The number of allylic oxidation sites excluding steroid dienone is 1. The highest BCUT2D eigenvalue weighted by Gasteiger charge is 2.40. The molecule has 3 nitrogen and oxygen atoms in total. The van der Waals surface area contributed by atoms with Crippen molar-refractivity contribution in [2.75, 3.05) is 6.61 Å². The van der Waals surface area contributed by atoms with Crippen LogP contribution in [0.4, 0.5) is 0 Å². The monoisotopic (exact) mass is 198 g/mol. The first-order valence-electron chi connectivity index (χ1n) is 4.85. The van der Waals surface area contributed by atoms with E-state index in [0.717, 1.165) is 5.57 Å². The van der Waals surface area contributed by atoms with Crippen LogP contribution in [0.3, 0.4) is 0 Å². The minimum absolute atomic E-state index is 0.0219. The molecule has 0 saturated heterocycles. The van der Waals surface area contributed by atoms with E-state index in [1.54, 1.807) is 0 Å². The number of ether oxygens (including phenoxy) is 1. The Hall–Kier alpha value is -0.830. The topological polar surface area (TPSA) is 46.5 Å². The van der Waals surface area contributed by atoms with Crippen LogP contribution in [0.2, 0.25) is 0 Å². The second-order valence-electron chi connectivity index (χ2n) is 4.56. The van der Waals surface area contributed by atoms with Gasteiger partial charge in [0.15, 0.2) is 0 Å². The standard InChI is InChI=1S/C11H18O3/c1-7-5-11(3,4)9(10(7)13)6-14-8(2)12/h5,9-10,13H,6H2,1-4H3. The van der Waals surface area contributed by atoms with E-state index in [2.05, 4.69) is 0 Å². The number of hydrogen-bond donors (Lipinski definition) is 1. The van der Waals surface area contributed by atoms with Gasteiger partial charge in [-0.1, -0.05) is 19.9 Å². The van der Waals surface area contributed by atoms with Gasteiger partial charge in [0.05, 0.1) is 12.7 Å². The molecule has 3 heteroatoms. The summed E-state index contributed by atoms with van der Waals surface area (Å²) in [5.41, 5.74) is 0.867. The van der Waals surface area contributed by atoms with Crippen LogP contribution in [0.15, 0.2) is 11.6 Å².